The number of rotatable bonds is 6. The van der Waals surface area contributed by atoms with Crippen molar-refractivity contribution in [1.82, 2.24) is 15.1 Å². The topological polar surface area (TPSA) is 71.1 Å². The molecule has 3 aliphatic rings. The number of benzene rings is 1. The number of hydrogen-bond donors (Lipinski definition) is 1. The van der Waals surface area contributed by atoms with Crippen LogP contribution in [0.4, 0.5) is 0 Å². The normalized spacial score (nSPS) is 20.3. The van der Waals surface area contributed by atoms with Crippen molar-refractivity contribution in [3.05, 3.63) is 23.8 Å². The summed E-state index contributed by atoms with van der Waals surface area (Å²) in [5.41, 5.74) is 0.379. The predicted octanol–water partition coefficient (Wildman–Crippen LogP) is 1.61. The number of ether oxygens (including phenoxy) is 2. The van der Waals surface area contributed by atoms with E-state index in [-0.39, 0.29) is 18.6 Å². The SMILES string of the molecule is CC(C)CNC(=O)C1(C(=O)N2CCN(Cc3ccc4c(c3)OCO4)CC2)CC1. The van der Waals surface area contributed by atoms with Gasteiger partial charge in [-0.1, -0.05) is 19.9 Å². The van der Waals surface area contributed by atoms with Gasteiger partial charge in [-0.25, -0.2) is 0 Å². The van der Waals surface area contributed by atoms with E-state index in [2.05, 4.69) is 30.1 Å². The van der Waals surface area contributed by atoms with Crippen LogP contribution in [0.1, 0.15) is 32.3 Å². The van der Waals surface area contributed by atoms with Crippen molar-refractivity contribution in [1.29, 1.82) is 0 Å². The van der Waals surface area contributed by atoms with Crippen LogP contribution in [0.2, 0.25) is 0 Å². The van der Waals surface area contributed by atoms with E-state index in [0.717, 1.165) is 31.1 Å². The predicted molar refractivity (Wildman–Crippen MR) is 104 cm³/mol. The minimum Gasteiger partial charge on any atom is -0.454 e. The van der Waals surface area contributed by atoms with Gasteiger partial charge >= 0.3 is 0 Å². The second-order valence-corrected chi connectivity index (χ2v) is 8.44. The van der Waals surface area contributed by atoms with Crippen LogP contribution in [0.5, 0.6) is 11.5 Å². The van der Waals surface area contributed by atoms with E-state index in [9.17, 15) is 9.59 Å². The number of carbonyl (C=O) groups excluding carboxylic acids is 2. The van der Waals surface area contributed by atoms with Gasteiger partial charge in [-0.05, 0) is 36.5 Å². The first kappa shape index (κ1) is 19.1. The molecule has 7 heteroatoms. The molecule has 0 bridgehead atoms. The molecular formula is C21H29N3O4. The van der Waals surface area contributed by atoms with Crippen LogP contribution in [0, 0.1) is 11.3 Å². The van der Waals surface area contributed by atoms with Gasteiger partial charge in [0.05, 0.1) is 0 Å². The van der Waals surface area contributed by atoms with Gasteiger partial charge < -0.3 is 19.7 Å². The first-order valence-corrected chi connectivity index (χ1v) is 10.2. The molecule has 152 valence electrons. The number of amides is 2. The highest BCUT2D eigenvalue weighted by Gasteiger charge is 2.58. The number of nitrogens with one attached hydrogen (secondary N) is 1. The van der Waals surface area contributed by atoms with Crippen molar-refractivity contribution >= 4 is 11.8 Å². The molecule has 1 aromatic carbocycles. The zero-order chi connectivity index (χ0) is 19.7. The van der Waals surface area contributed by atoms with Crippen LogP contribution in [-0.2, 0) is 16.1 Å². The lowest BCUT2D eigenvalue weighted by Gasteiger charge is -2.36. The van der Waals surface area contributed by atoms with E-state index in [1.807, 2.05) is 17.0 Å². The first-order valence-electron chi connectivity index (χ1n) is 10.2. The highest BCUT2D eigenvalue weighted by atomic mass is 16.7. The third kappa shape index (κ3) is 3.81. The summed E-state index contributed by atoms with van der Waals surface area (Å²) in [6.07, 6.45) is 1.35. The summed E-state index contributed by atoms with van der Waals surface area (Å²) in [7, 11) is 0. The minimum absolute atomic E-state index is 0.0106. The van der Waals surface area contributed by atoms with Crippen molar-refractivity contribution in [2.75, 3.05) is 39.5 Å². The van der Waals surface area contributed by atoms with E-state index >= 15 is 0 Å². The molecule has 1 saturated heterocycles. The molecule has 2 heterocycles. The van der Waals surface area contributed by atoms with Gasteiger partial charge in [0.1, 0.15) is 5.41 Å². The fourth-order valence-electron chi connectivity index (χ4n) is 3.84. The fourth-order valence-corrected chi connectivity index (χ4v) is 3.84. The van der Waals surface area contributed by atoms with Crippen LogP contribution in [0.25, 0.3) is 0 Å². The zero-order valence-electron chi connectivity index (χ0n) is 16.7. The van der Waals surface area contributed by atoms with E-state index in [1.54, 1.807) is 0 Å². The van der Waals surface area contributed by atoms with E-state index < -0.39 is 5.41 Å². The van der Waals surface area contributed by atoms with Crippen molar-refractivity contribution in [3.8, 4) is 11.5 Å². The number of piperazine rings is 1. The summed E-state index contributed by atoms with van der Waals surface area (Å²) in [6, 6.07) is 6.03. The molecule has 0 radical (unpaired) electrons. The molecule has 2 fully saturated rings. The van der Waals surface area contributed by atoms with Gasteiger partial charge in [0.15, 0.2) is 11.5 Å². The summed E-state index contributed by atoms with van der Waals surface area (Å²) >= 11 is 0. The average molecular weight is 387 g/mol. The Hall–Kier alpha value is -2.28. The molecule has 1 aliphatic carbocycles. The number of nitrogens with zero attached hydrogens (tertiary/aromatic N) is 2. The number of fused-ring (bicyclic) bond motifs is 1. The number of hydrogen-bond acceptors (Lipinski definition) is 5. The van der Waals surface area contributed by atoms with Gasteiger partial charge in [0.25, 0.3) is 0 Å². The first-order chi connectivity index (χ1) is 13.5. The van der Waals surface area contributed by atoms with E-state index in [1.165, 1.54) is 5.56 Å². The average Bonchev–Trinajstić information content (AvgIpc) is 3.38. The van der Waals surface area contributed by atoms with Crippen molar-refractivity contribution in [2.45, 2.75) is 33.2 Å². The van der Waals surface area contributed by atoms with Crippen molar-refractivity contribution < 1.29 is 19.1 Å². The molecule has 28 heavy (non-hydrogen) atoms. The lowest BCUT2D eigenvalue weighted by molar-refractivity contribution is -0.145. The molecule has 7 nitrogen and oxygen atoms in total. The molecule has 1 N–H and O–H groups in total. The Morgan fingerprint density at radius 2 is 1.82 bits per heavy atom. The third-order valence-electron chi connectivity index (χ3n) is 5.77. The Labute approximate surface area is 166 Å². The fraction of sp³-hybridized carbons (Fsp3) is 0.619. The standard InChI is InChI=1S/C21H29N3O4/c1-15(2)12-22-19(25)21(5-6-21)20(26)24-9-7-23(8-10-24)13-16-3-4-17-18(11-16)28-14-27-17/h3-4,11,15H,5-10,12-14H2,1-2H3,(H,22,25). The van der Waals surface area contributed by atoms with Gasteiger partial charge in [-0.3, -0.25) is 14.5 Å². The van der Waals surface area contributed by atoms with Crippen molar-refractivity contribution in [3.63, 3.8) is 0 Å². The molecule has 2 amide bonds. The smallest absolute Gasteiger partial charge is 0.238 e. The Morgan fingerprint density at radius 3 is 2.50 bits per heavy atom. The minimum atomic E-state index is -0.797. The molecule has 0 unspecified atom stereocenters. The van der Waals surface area contributed by atoms with Crippen molar-refractivity contribution in [2.24, 2.45) is 11.3 Å². The van der Waals surface area contributed by atoms with E-state index in [0.29, 0.717) is 38.4 Å². The maximum Gasteiger partial charge on any atom is 0.238 e. The molecule has 1 aromatic rings. The lowest BCUT2D eigenvalue weighted by atomic mass is 10.0. The Morgan fingerprint density at radius 1 is 1.11 bits per heavy atom. The zero-order valence-corrected chi connectivity index (χ0v) is 16.7. The molecule has 2 aliphatic heterocycles. The van der Waals surface area contributed by atoms with Crippen LogP contribution >= 0.6 is 0 Å². The highest BCUT2D eigenvalue weighted by Crippen LogP contribution is 2.47. The highest BCUT2D eigenvalue weighted by molar-refractivity contribution is 6.07. The van der Waals surface area contributed by atoms with Gasteiger partial charge in [-0.2, -0.15) is 0 Å². The van der Waals surface area contributed by atoms with Crippen LogP contribution < -0.4 is 14.8 Å². The Bertz CT molecular complexity index is 752. The molecule has 4 rings (SSSR count). The maximum absolute atomic E-state index is 13.0. The molecule has 1 saturated carbocycles. The van der Waals surface area contributed by atoms with Gasteiger partial charge in [0, 0.05) is 39.3 Å². The Kier molecular flexibility index (Phi) is 5.19. The largest absolute Gasteiger partial charge is 0.454 e. The monoisotopic (exact) mass is 387 g/mol. The molecular weight excluding hydrogens is 358 g/mol. The molecule has 0 atom stereocenters. The van der Waals surface area contributed by atoms with E-state index in [4.69, 9.17) is 9.47 Å². The second kappa shape index (κ2) is 7.62. The number of carbonyl (C=O) groups is 2. The summed E-state index contributed by atoms with van der Waals surface area (Å²) in [6.45, 7) is 8.79. The van der Waals surface area contributed by atoms with Crippen LogP contribution in [0.3, 0.4) is 0 Å². The summed E-state index contributed by atoms with van der Waals surface area (Å²) in [5.74, 6) is 1.90. The van der Waals surface area contributed by atoms with Gasteiger partial charge in [-0.15, -0.1) is 0 Å². The summed E-state index contributed by atoms with van der Waals surface area (Å²) < 4.78 is 10.8. The van der Waals surface area contributed by atoms with Gasteiger partial charge in [0.2, 0.25) is 18.6 Å². The van der Waals surface area contributed by atoms with Crippen LogP contribution in [0.15, 0.2) is 18.2 Å². The second-order valence-electron chi connectivity index (χ2n) is 8.44. The van der Waals surface area contributed by atoms with Crippen LogP contribution in [-0.4, -0.2) is 61.1 Å². The summed E-state index contributed by atoms with van der Waals surface area (Å²) in [4.78, 5) is 29.7. The third-order valence-corrected chi connectivity index (χ3v) is 5.77. The quantitative estimate of drug-likeness (QED) is 0.751. The Balaban J connectivity index is 1.29. The molecule has 0 aromatic heterocycles. The lowest BCUT2D eigenvalue weighted by Crippen LogP contribution is -2.53. The maximum atomic E-state index is 13.0. The molecule has 0 spiro atoms. The summed E-state index contributed by atoms with van der Waals surface area (Å²) in [5, 5.41) is 2.95.